The molecule has 2 amide bonds. The van der Waals surface area contributed by atoms with Gasteiger partial charge in [-0.1, -0.05) is 91.0 Å². The van der Waals surface area contributed by atoms with Crippen molar-refractivity contribution in [3.8, 4) is 0 Å². The van der Waals surface area contributed by atoms with Gasteiger partial charge in [-0.25, -0.2) is 0 Å². The van der Waals surface area contributed by atoms with Crippen LogP contribution in [0.15, 0.2) is 91.0 Å². The Morgan fingerprint density at radius 1 is 0.700 bits per heavy atom. The molecule has 3 aromatic rings. The van der Waals surface area contributed by atoms with Crippen molar-refractivity contribution in [2.45, 2.75) is 24.2 Å². The van der Waals surface area contributed by atoms with Gasteiger partial charge in [-0.15, -0.1) is 0 Å². The van der Waals surface area contributed by atoms with E-state index in [2.05, 4.69) is 47.2 Å². The smallest absolute Gasteiger partial charge is 0.242 e. The molecule has 2 fully saturated rings. The van der Waals surface area contributed by atoms with Crippen LogP contribution in [0.5, 0.6) is 0 Å². The number of nitrogens with one attached hydrogen (secondary N) is 2. The monoisotopic (exact) mass is 396 g/mol. The lowest BCUT2D eigenvalue weighted by Gasteiger charge is -2.19. The summed E-state index contributed by atoms with van der Waals surface area (Å²) in [6, 6.07) is 30.4. The molecule has 0 radical (unpaired) electrons. The van der Waals surface area contributed by atoms with E-state index in [1.165, 1.54) is 5.56 Å². The fourth-order valence-corrected chi connectivity index (χ4v) is 4.71. The van der Waals surface area contributed by atoms with E-state index in [4.69, 9.17) is 0 Å². The van der Waals surface area contributed by atoms with Gasteiger partial charge in [-0.05, 0) is 35.4 Å². The molecular weight excluding hydrogens is 372 g/mol. The number of benzene rings is 3. The van der Waals surface area contributed by atoms with Crippen LogP contribution in [-0.2, 0) is 15.0 Å². The molecular formula is C26H24N2O2. The molecule has 0 heterocycles. The van der Waals surface area contributed by atoms with E-state index in [1.807, 2.05) is 54.6 Å². The zero-order valence-electron chi connectivity index (χ0n) is 16.6. The molecule has 2 saturated carbocycles. The van der Waals surface area contributed by atoms with Crippen LogP contribution >= 0.6 is 0 Å². The van der Waals surface area contributed by atoms with Gasteiger partial charge in [-0.3, -0.25) is 20.4 Å². The quantitative estimate of drug-likeness (QED) is 0.642. The highest BCUT2D eigenvalue weighted by molar-refractivity contribution is 5.89. The average Bonchev–Trinajstić information content (AvgIpc) is 3.73. The SMILES string of the molecule is O=C(NNC(=O)[C@@H]1CC1(c1ccccc1)c1ccccc1)[C@@H]1C[C@H]1c1ccccc1. The summed E-state index contributed by atoms with van der Waals surface area (Å²) in [5.41, 5.74) is 8.48. The van der Waals surface area contributed by atoms with Crippen LogP contribution in [0.2, 0.25) is 0 Å². The van der Waals surface area contributed by atoms with Crippen LogP contribution < -0.4 is 10.9 Å². The molecule has 0 bridgehead atoms. The van der Waals surface area contributed by atoms with E-state index in [9.17, 15) is 9.59 Å². The minimum Gasteiger partial charge on any atom is -0.273 e. The van der Waals surface area contributed by atoms with Gasteiger partial charge in [-0.2, -0.15) is 0 Å². The van der Waals surface area contributed by atoms with Crippen molar-refractivity contribution in [1.82, 2.24) is 10.9 Å². The van der Waals surface area contributed by atoms with Crippen LogP contribution in [0.1, 0.15) is 35.4 Å². The van der Waals surface area contributed by atoms with Crippen molar-refractivity contribution in [3.05, 3.63) is 108 Å². The second kappa shape index (κ2) is 7.45. The summed E-state index contributed by atoms with van der Waals surface area (Å²) in [6.07, 6.45) is 1.56. The van der Waals surface area contributed by atoms with E-state index in [-0.39, 0.29) is 35.0 Å². The van der Waals surface area contributed by atoms with Gasteiger partial charge >= 0.3 is 0 Å². The maximum absolute atomic E-state index is 12.9. The molecule has 5 rings (SSSR count). The molecule has 2 N–H and O–H groups in total. The molecule has 3 aromatic carbocycles. The standard InChI is InChI=1S/C26H24N2O2/c29-24(22-16-21(22)18-10-4-1-5-11-18)27-28-25(30)23-17-26(23,19-12-6-2-7-13-19)20-14-8-3-9-15-20/h1-15,21-23H,16-17H2,(H,27,29)(H,28,30)/t21-,22+,23-/m0/s1. The summed E-state index contributed by atoms with van der Waals surface area (Å²) < 4.78 is 0. The number of amides is 2. The van der Waals surface area contributed by atoms with Crippen molar-refractivity contribution < 1.29 is 9.59 Å². The van der Waals surface area contributed by atoms with Crippen LogP contribution in [-0.4, -0.2) is 11.8 Å². The summed E-state index contributed by atoms with van der Waals surface area (Å²) in [5.74, 6) is -0.265. The summed E-state index contributed by atoms with van der Waals surface area (Å²) in [7, 11) is 0. The minimum absolute atomic E-state index is 0.0695. The molecule has 2 aliphatic rings. The van der Waals surface area contributed by atoms with Crippen molar-refractivity contribution in [2.75, 3.05) is 0 Å². The highest BCUT2D eigenvalue weighted by Gasteiger charge is 2.60. The van der Waals surface area contributed by atoms with E-state index < -0.39 is 0 Å². The first-order chi connectivity index (χ1) is 14.7. The normalized spacial score (nSPS) is 23.3. The topological polar surface area (TPSA) is 58.2 Å². The highest BCUT2D eigenvalue weighted by atomic mass is 16.2. The van der Waals surface area contributed by atoms with Gasteiger partial charge in [0.25, 0.3) is 0 Å². The molecule has 0 aliphatic heterocycles. The summed E-state index contributed by atoms with van der Waals surface area (Å²) >= 11 is 0. The zero-order chi connectivity index (χ0) is 20.6. The largest absolute Gasteiger partial charge is 0.273 e. The third-order valence-electron chi connectivity index (χ3n) is 6.52. The fourth-order valence-electron chi connectivity index (χ4n) is 4.71. The van der Waals surface area contributed by atoms with Crippen molar-refractivity contribution >= 4 is 11.8 Å². The van der Waals surface area contributed by atoms with Gasteiger partial charge in [0.15, 0.2) is 0 Å². The molecule has 150 valence electrons. The van der Waals surface area contributed by atoms with Crippen LogP contribution in [0.25, 0.3) is 0 Å². The van der Waals surface area contributed by atoms with Gasteiger partial charge in [0, 0.05) is 11.3 Å². The molecule has 4 nitrogen and oxygen atoms in total. The van der Waals surface area contributed by atoms with Gasteiger partial charge in [0.2, 0.25) is 11.8 Å². The maximum atomic E-state index is 12.9. The molecule has 3 atom stereocenters. The zero-order valence-corrected chi connectivity index (χ0v) is 16.6. The Labute approximate surface area is 176 Å². The number of hydrazine groups is 1. The molecule has 0 saturated heterocycles. The lowest BCUT2D eigenvalue weighted by atomic mass is 9.85. The van der Waals surface area contributed by atoms with Crippen LogP contribution in [0.3, 0.4) is 0 Å². The van der Waals surface area contributed by atoms with Gasteiger partial charge < -0.3 is 0 Å². The Morgan fingerprint density at radius 3 is 1.77 bits per heavy atom. The number of hydrogen-bond donors (Lipinski definition) is 2. The van der Waals surface area contributed by atoms with Crippen molar-refractivity contribution in [3.63, 3.8) is 0 Å². The molecule has 2 aliphatic carbocycles. The highest BCUT2D eigenvalue weighted by Crippen LogP contribution is 2.58. The van der Waals surface area contributed by atoms with Crippen LogP contribution in [0, 0.1) is 11.8 Å². The van der Waals surface area contributed by atoms with Gasteiger partial charge in [0.1, 0.15) is 0 Å². The first kappa shape index (κ1) is 18.6. The summed E-state index contributed by atoms with van der Waals surface area (Å²) in [5, 5.41) is 0. The summed E-state index contributed by atoms with van der Waals surface area (Å²) in [6.45, 7) is 0. The Balaban J connectivity index is 1.25. The Hall–Kier alpha value is -3.40. The third-order valence-corrected chi connectivity index (χ3v) is 6.52. The van der Waals surface area contributed by atoms with Gasteiger partial charge in [0.05, 0.1) is 5.92 Å². The number of carbonyl (C=O) groups is 2. The molecule has 0 aromatic heterocycles. The molecule has 4 heteroatoms. The van der Waals surface area contributed by atoms with E-state index >= 15 is 0 Å². The van der Waals surface area contributed by atoms with E-state index in [1.54, 1.807) is 0 Å². The van der Waals surface area contributed by atoms with Crippen molar-refractivity contribution in [1.29, 1.82) is 0 Å². The Morgan fingerprint density at radius 2 is 1.20 bits per heavy atom. The first-order valence-corrected chi connectivity index (χ1v) is 10.5. The number of rotatable bonds is 5. The molecule has 30 heavy (non-hydrogen) atoms. The molecule has 0 spiro atoms. The lowest BCUT2D eigenvalue weighted by Crippen LogP contribution is -2.44. The number of hydrogen-bond acceptors (Lipinski definition) is 2. The lowest BCUT2D eigenvalue weighted by molar-refractivity contribution is -0.130. The predicted molar refractivity (Wildman–Crippen MR) is 115 cm³/mol. The molecule has 0 unspecified atom stereocenters. The predicted octanol–water partition coefficient (Wildman–Crippen LogP) is 3.94. The third kappa shape index (κ3) is 3.28. The first-order valence-electron chi connectivity index (χ1n) is 10.5. The Bertz CT molecular complexity index is 1010. The average molecular weight is 396 g/mol. The van der Waals surface area contributed by atoms with E-state index in [0.717, 1.165) is 24.0 Å². The summed E-state index contributed by atoms with van der Waals surface area (Å²) in [4.78, 5) is 25.5. The Kier molecular flexibility index (Phi) is 4.62. The second-order valence-electron chi connectivity index (χ2n) is 8.30. The maximum Gasteiger partial charge on any atom is 0.242 e. The minimum atomic E-state index is -0.330. The number of carbonyl (C=O) groups excluding carboxylic acids is 2. The van der Waals surface area contributed by atoms with E-state index in [0.29, 0.717) is 0 Å². The van der Waals surface area contributed by atoms with Crippen molar-refractivity contribution in [2.24, 2.45) is 11.8 Å². The second-order valence-corrected chi connectivity index (χ2v) is 8.30. The van der Waals surface area contributed by atoms with Crippen LogP contribution in [0.4, 0.5) is 0 Å². The fraction of sp³-hybridized carbons (Fsp3) is 0.231.